The van der Waals surface area contributed by atoms with E-state index >= 15 is 0 Å². The molecule has 0 saturated heterocycles. The molecule has 2 N–H and O–H groups in total. The number of ether oxygens (including phenoxy) is 3. The molecule has 11 heteroatoms. The molecule has 0 bridgehead atoms. The number of hydrogen-bond donors (Lipinski definition) is 2. The summed E-state index contributed by atoms with van der Waals surface area (Å²) in [6.07, 6.45) is 9.53. The number of amides is 1. The Morgan fingerprint density at radius 1 is 0.805 bits per heavy atom. The number of carbonyl (C=O) groups excluding carboxylic acids is 1. The number of nitrogens with one attached hydrogen (secondary N) is 1. The van der Waals surface area contributed by atoms with Crippen molar-refractivity contribution in [3.05, 3.63) is 29.8 Å². The van der Waals surface area contributed by atoms with Gasteiger partial charge in [-0.1, -0.05) is 25.8 Å². The largest absolute Gasteiger partial charge is 0.500 e. The third-order valence-corrected chi connectivity index (χ3v) is 9.09. The topological polar surface area (TPSA) is 122 Å². The summed E-state index contributed by atoms with van der Waals surface area (Å²) in [6.45, 7) is 11.5. The molecular formula is C30H51NO9Si. The lowest BCUT2D eigenvalue weighted by atomic mass is 10.2. The molecular weight excluding hydrogens is 546 g/mol. The number of rotatable bonds is 25. The monoisotopic (exact) mass is 597 g/mol. The van der Waals surface area contributed by atoms with Gasteiger partial charge in [0.2, 0.25) is 0 Å². The molecule has 0 aliphatic rings. The van der Waals surface area contributed by atoms with Crippen LogP contribution in [0, 0.1) is 0 Å². The highest BCUT2D eigenvalue weighted by Crippen LogP contribution is 2.29. The zero-order chi connectivity index (χ0) is 30.2. The highest BCUT2D eigenvalue weighted by Gasteiger charge is 2.39. The SMILES string of the molecule is CCCCCOc1cc(/C=C/C(=O)O)ccc1OCCCCCCOC(=O)NCCC[Si](OCC)(OCC)OCC. The third kappa shape index (κ3) is 17.1. The first kappa shape index (κ1) is 36.4. The van der Waals surface area contributed by atoms with E-state index in [0.29, 0.717) is 70.1 Å². The molecule has 10 nitrogen and oxygen atoms in total. The summed E-state index contributed by atoms with van der Waals surface area (Å²) < 4.78 is 34.7. The minimum atomic E-state index is -2.69. The Balaban J connectivity index is 2.29. The first-order chi connectivity index (χ1) is 19.9. The van der Waals surface area contributed by atoms with Crippen molar-refractivity contribution >= 4 is 26.9 Å². The van der Waals surface area contributed by atoms with Gasteiger partial charge in [-0.25, -0.2) is 9.59 Å². The highest BCUT2D eigenvalue weighted by atomic mass is 28.4. The van der Waals surface area contributed by atoms with Gasteiger partial charge in [-0.2, -0.15) is 0 Å². The fourth-order valence-electron chi connectivity index (χ4n) is 4.01. The van der Waals surface area contributed by atoms with Crippen molar-refractivity contribution in [2.45, 2.75) is 85.1 Å². The predicted molar refractivity (Wildman–Crippen MR) is 162 cm³/mol. The lowest BCUT2D eigenvalue weighted by Crippen LogP contribution is -2.46. The summed E-state index contributed by atoms with van der Waals surface area (Å²) >= 11 is 0. The summed E-state index contributed by atoms with van der Waals surface area (Å²) in [5.74, 6) is 0.274. The third-order valence-electron chi connectivity index (χ3n) is 5.94. The second-order valence-corrected chi connectivity index (χ2v) is 12.1. The second-order valence-electron chi connectivity index (χ2n) is 9.34. The van der Waals surface area contributed by atoms with Crippen LogP contribution in [-0.4, -0.2) is 72.2 Å². The van der Waals surface area contributed by atoms with Crippen LogP contribution in [-0.2, 0) is 22.8 Å². The molecule has 1 aromatic carbocycles. The number of benzene rings is 1. The summed E-state index contributed by atoms with van der Waals surface area (Å²) in [5, 5.41) is 11.7. The van der Waals surface area contributed by atoms with Crippen molar-refractivity contribution in [3.63, 3.8) is 0 Å². The van der Waals surface area contributed by atoms with Gasteiger partial charge >= 0.3 is 20.9 Å². The molecule has 0 heterocycles. The lowest BCUT2D eigenvalue weighted by Gasteiger charge is -2.28. The van der Waals surface area contributed by atoms with Crippen LogP contribution in [0.15, 0.2) is 24.3 Å². The number of carboxylic acid groups (broad SMARTS) is 1. The Morgan fingerprint density at radius 3 is 2.02 bits per heavy atom. The van der Waals surface area contributed by atoms with E-state index in [0.717, 1.165) is 56.6 Å². The van der Waals surface area contributed by atoms with E-state index in [4.69, 9.17) is 32.6 Å². The Kier molecular flexibility index (Phi) is 20.4. The van der Waals surface area contributed by atoms with E-state index in [1.54, 1.807) is 6.07 Å². The van der Waals surface area contributed by atoms with Crippen LogP contribution in [0.3, 0.4) is 0 Å². The van der Waals surface area contributed by atoms with E-state index in [-0.39, 0.29) is 0 Å². The Morgan fingerprint density at radius 2 is 1.41 bits per heavy atom. The van der Waals surface area contributed by atoms with Gasteiger partial charge in [0, 0.05) is 38.5 Å². The van der Waals surface area contributed by atoms with E-state index in [9.17, 15) is 9.59 Å². The first-order valence-corrected chi connectivity index (χ1v) is 17.0. The van der Waals surface area contributed by atoms with Crippen LogP contribution in [0.2, 0.25) is 6.04 Å². The molecule has 234 valence electrons. The molecule has 0 aliphatic heterocycles. The van der Waals surface area contributed by atoms with Crippen molar-refractivity contribution in [1.29, 1.82) is 0 Å². The summed E-state index contributed by atoms with van der Waals surface area (Å²) in [6, 6.07) is 6.07. The average molecular weight is 598 g/mol. The standard InChI is InChI=1S/C30H51NO9Si/c1-5-9-12-21-36-28-25-26(17-19-29(32)33)16-18-27(28)35-22-13-10-11-14-23-37-30(34)31-20-15-24-41(38-6-2,39-7-3)40-8-4/h16-19,25H,5-15,20-24H2,1-4H3,(H,31,34)(H,32,33)/b19-17+. The molecule has 1 amide bonds. The van der Waals surface area contributed by atoms with Crippen LogP contribution in [0.1, 0.15) is 84.6 Å². The molecule has 0 fully saturated rings. The van der Waals surface area contributed by atoms with E-state index < -0.39 is 20.9 Å². The number of aliphatic carboxylic acids is 1. The van der Waals surface area contributed by atoms with Crippen LogP contribution in [0.4, 0.5) is 4.79 Å². The van der Waals surface area contributed by atoms with Crippen molar-refractivity contribution in [1.82, 2.24) is 5.32 Å². The van der Waals surface area contributed by atoms with Crippen LogP contribution >= 0.6 is 0 Å². The van der Waals surface area contributed by atoms with E-state index in [1.165, 1.54) is 6.08 Å². The molecule has 41 heavy (non-hydrogen) atoms. The Labute approximate surface area is 247 Å². The average Bonchev–Trinajstić information content (AvgIpc) is 2.95. The fraction of sp³-hybridized carbons (Fsp3) is 0.667. The van der Waals surface area contributed by atoms with Gasteiger partial charge in [0.1, 0.15) is 0 Å². The van der Waals surface area contributed by atoms with Crippen LogP contribution in [0.5, 0.6) is 11.5 Å². The van der Waals surface area contributed by atoms with Gasteiger partial charge in [0.25, 0.3) is 0 Å². The fourth-order valence-corrected chi connectivity index (χ4v) is 6.63. The summed E-state index contributed by atoms with van der Waals surface area (Å²) in [7, 11) is -2.69. The molecule has 0 unspecified atom stereocenters. The van der Waals surface area contributed by atoms with Gasteiger partial charge in [0.05, 0.1) is 19.8 Å². The van der Waals surface area contributed by atoms with Crippen molar-refractivity contribution in [3.8, 4) is 11.5 Å². The van der Waals surface area contributed by atoms with Gasteiger partial charge in [-0.3, -0.25) is 0 Å². The maximum absolute atomic E-state index is 12.0. The molecule has 0 spiro atoms. The molecule has 0 aliphatic carbocycles. The minimum absolute atomic E-state index is 0.364. The quantitative estimate of drug-likeness (QED) is 0.0743. The second kappa shape index (κ2) is 23.0. The highest BCUT2D eigenvalue weighted by molar-refractivity contribution is 6.60. The molecule has 1 rings (SSSR count). The number of carbonyl (C=O) groups is 2. The number of unbranched alkanes of at least 4 members (excludes halogenated alkanes) is 5. The van der Waals surface area contributed by atoms with Gasteiger partial charge < -0.3 is 37.9 Å². The van der Waals surface area contributed by atoms with Gasteiger partial charge in [0.15, 0.2) is 11.5 Å². The normalized spacial score (nSPS) is 11.5. The Bertz CT molecular complexity index is 864. The molecule has 0 saturated carbocycles. The number of alkyl carbamates (subject to hydrolysis) is 1. The summed E-state index contributed by atoms with van der Waals surface area (Å²) in [4.78, 5) is 22.8. The smallest absolute Gasteiger partial charge is 0.490 e. The molecule has 0 atom stereocenters. The molecule has 0 aromatic heterocycles. The van der Waals surface area contributed by atoms with Crippen molar-refractivity contribution in [2.24, 2.45) is 0 Å². The number of hydrogen-bond acceptors (Lipinski definition) is 8. The van der Waals surface area contributed by atoms with Gasteiger partial charge in [-0.05, 0) is 83.1 Å². The lowest BCUT2D eigenvalue weighted by molar-refractivity contribution is -0.131. The van der Waals surface area contributed by atoms with Crippen LogP contribution in [0.25, 0.3) is 6.08 Å². The first-order valence-electron chi connectivity index (χ1n) is 15.0. The maximum atomic E-state index is 12.0. The minimum Gasteiger partial charge on any atom is -0.490 e. The van der Waals surface area contributed by atoms with E-state index in [1.807, 2.05) is 32.9 Å². The van der Waals surface area contributed by atoms with Crippen molar-refractivity contribution in [2.75, 3.05) is 46.2 Å². The van der Waals surface area contributed by atoms with Crippen LogP contribution < -0.4 is 14.8 Å². The predicted octanol–water partition coefficient (Wildman–Crippen LogP) is 6.46. The zero-order valence-corrected chi connectivity index (χ0v) is 26.4. The summed E-state index contributed by atoms with van der Waals surface area (Å²) in [5.41, 5.74) is 0.741. The molecule has 0 radical (unpaired) electrons. The number of carboxylic acids is 1. The molecule has 1 aromatic rings. The Hall–Kier alpha value is -2.60. The van der Waals surface area contributed by atoms with Gasteiger partial charge in [-0.15, -0.1) is 0 Å². The van der Waals surface area contributed by atoms with E-state index in [2.05, 4.69) is 12.2 Å². The zero-order valence-electron chi connectivity index (χ0n) is 25.4. The van der Waals surface area contributed by atoms with Crippen molar-refractivity contribution < 1.29 is 42.2 Å². The maximum Gasteiger partial charge on any atom is 0.500 e.